The highest BCUT2D eigenvalue weighted by Gasteiger charge is 2.36. The van der Waals surface area contributed by atoms with E-state index in [1.54, 1.807) is 6.20 Å². The number of nitriles is 1. The largest absolute Gasteiger partial charge is 0.354 e. The third-order valence-electron chi connectivity index (χ3n) is 4.96. The van der Waals surface area contributed by atoms with E-state index in [9.17, 15) is 14.4 Å². The number of hydrogen-bond donors (Lipinski definition) is 3. The monoisotopic (exact) mass is 379 g/mol. The number of aromatic amines is 1. The SMILES string of the molecule is N#Cc1c[nH]c2ncnc(N3CC[C@](N)(CNC(=O)c4ccc(F)cc4)C3)c12. The Balaban J connectivity index is 1.48. The maximum atomic E-state index is 13.0. The Morgan fingerprint density at radius 2 is 2.18 bits per heavy atom. The smallest absolute Gasteiger partial charge is 0.251 e. The molecule has 2 aromatic heterocycles. The highest BCUT2D eigenvalue weighted by Crippen LogP contribution is 2.30. The van der Waals surface area contributed by atoms with Crippen LogP contribution in [-0.4, -0.2) is 46.0 Å². The number of amides is 1. The number of carbonyl (C=O) groups excluding carboxylic acids is 1. The second-order valence-corrected chi connectivity index (χ2v) is 6.96. The molecule has 0 radical (unpaired) electrons. The van der Waals surface area contributed by atoms with Gasteiger partial charge in [0.15, 0.2) is 0 Å². The summed E-state index contributed by atoms with van der Waals surface area (Å²) in [6.07, 6.45) is 3.70. The number of nitrogens with zero attached hydrogens (tertiary/aromatic N) is 4. The van der Waals surface area contributed by atoms with Gasteiger partial charge in [0.25, 0.3) is 5.91 Å². The number of benzene rings is 1. The second-order valence-electron chi connectivity index (χ2n) is 6.96. The van der Waals surface area contributed by atoms with Crippen molar-refractivity contribution >= 4 is 22.8 Å². The van der Waals surface area contributed by atoms with Gasteiger partial charge in [-0.05, 0) is 30.7 Å². The van der Waals surface area contributed by atoms with Gasteiger partial charge in [0.05, 0.1) is 16.5 Å². The van der Waals surface area contributed by atoms with E-state index in [2.05, 4.69) is 26.3 Å². The lowest BCUT2D eigenvalue weighted by molar-refractivity contribution is 0.0945. The van der Waals surface area contributed by atoms with Crippen LogP contribution in [-0.2, 0) is 0 Å². The molecule has 4 rings (SSSR count). The van der Waals surface area contributed by atoms with Crippen molar-refractivity contribution in [1.82, 2.24) is 20.3 Å². The maximum absolute atomic E-state index is 13.0. The number of nitrogens with one attached hydrogen (secondary N) is 2. The molecule has 0 aliphatic carbocycles. The minimum Gasteiger partial charge on any atom is -0.354 e. The number of rotatable bonds is 4. The van der Waals surface area contributed by atoms with Crippen molar-refractivity contribution in [1.29, 1.82) is 5.26 Å². The molecule has 142 valence electrons. The summed E-state index contributed by atoms with van der Waals surface area (Å²) in [6.45, 7) is 1.39. The Morgan fingerprint density at radius 1 is 1.39 bits per heavy atom. The first kappa shape index (κ1) is 17.9. The molecular weight excluding hydrogens is 361 g/mol. The minimum absolute atomic E-state index is 0.270. The summed E-state index contributed by atoms with van der Waals surface area (Å²) in [5, 5.41) is 12.8. The molecule has 1 saturated heterocycles. The third kappa shape index (κ3) is 3.25. The zero-order valence-electron chi connectivity index (χ0n) is 14.9. The molecule has 0 bridgehead atoms. The number of aromatic nitrogens is 3. The first-order chi connectivity index (χ1) is 13.5. The summed E-state index contributed by atoms with van der Waals surface area (Å²) in [6, 6.07) is 7.50. The van der Waals surface area contributed by atoms with E-state index < -0.39 is 11.4 Å². The Hall–Kier alpha value is -3.51. The van der Waals surface area contributed by atoms with Gasteiger partial charge in [-0.1, -0.05) is 0 Å². The number of anilines is 1. The number of nitrogens with two attached hydrogens (primary N) is 1. The van der Waals surface area contributed by atoms with Crippen molar-refractivity contribution in [3.05, 3.63) is 53.7 Å². The Bertz CT molecular complexity index is 1070. The van der Waals surface area contributed by atoms with Gasteiger partial charge in [0, 0.05) is 31.4 Å². The van der Waals surface area contributed by atoms with Crippen LogP contribution >= 0.6 is 0 Å². The molecule has 3 heterocycles. The molecule has 1 aromatic carbocycles. The number of halogens is 1. The van der Waals surface area contributed by atoms with Gasteiger partial charge >= 0.3 is 0 Å². The van der Waals surface area contributed by atoms with Crippen molar-refractivity contribution in [3.63, 3.8) is 0 Å². The van der Waals surface area contributed by atoms with E-state index in [1.165, 1.54) is 30.6 Å². The van der Waals surface area contributed by atoms with Crippen LogP contribution in [0.3, 0.4) is 0 Å². The summed E-state index contributed by atoms with van der Waals surface area (Å²) < 4.78 is 13.0. The highest BCUT2D eigenvalue weighted by atomic mass is 19.1. The lowest BCUT2D eigenvalue weighted by Crippen LogP contribution is -2.52. The maximum Gasteiger partial charge on any atom is 0.251 e. The van der Waals surface area contributed by atoms with Gasteiger partial charge in [0.2, 0.25) is 0 Å². The molecule has 8 nitrogen and oxygen atoms in total. The average molecular weight is 379 g/mol. The van der Waals surface area contributed by atoms with Crippen LogP contribution in [0.15, 0.2) is 36.8 Å². The van der Waals surface area contributed by atoms with Crippen LogP contribution in [0.2, 0.25) is 0 Å². The molecule has 0 spiro atoms. The fourth-order valence-corrected chi connectivity index (χ4v) is 3.45. The zero-order chi connectivity index (χ0) is 19.7. The lowest BCUT2D eigenvalue weighted by atomic mass is 10.00. The van der Waals surface area contributed by atoms with Crippen molar-refractivity contribution in [2.24, 2.45) is 5.73 Å². The van der Waals surface area contributed by atoms with Gasteiger partial charge in [-0.15, -0.1) is 0 Å². The molecule has 1 aliphatic heterocycles. The van der Waals surface area contributed by atoms with Crippen molar-refractivity contribution in [2.75, 3.05) is 24.5 Å². The summed E-state index contributed by atoms with van der Waals surface area (Å²) in [5.74, 6) is -0.0407. The number of hydrogen-bond acceptors (Lipinski definition) is 6. The van der Waals surface area contributed by atoms with Gasteiger partial charge in [0.1, 0.15) is 29.7 Å². The molecule has 0 saturated carbocycles. The molecule has 1 aliphatic rings. The van der Waals surface area contributed by atoms with Crippen molar-refractivity contribution in [2.45, 2.75) is 12.0 Å². The van der Waals surface area contributed by atoms with Crippen LogP contribution in [0.25, 0.3) is 11.0 Å². The summed E-state index contributed by atoms with van der Waals surface area (Å²) in [5.41, 5.74) is 7.30. The summed E-state index contributed by atoms with van der Waals surface area (Å²) >= 11 is 0. The number of H-pyrrole nitrogens is 1. The quantitative estimate of drug-likeness (QED) is 0.628. The first-order valence-electron chi connectivity index (χ1n) is 8.79. The van der Waals surface area contributed by atoms with Crippen LogP contribution in [0, 0.1) is 17.1 Å². The highest BCUT2D eigenvalue weighted by molar-refractivity contribution is 5.94. The topological polar surface area (TPSA) is 124 Å². The molecule has 28 heavy (non-hydrogen) atoms. The molecule has 1 atom stereocenters. The van der Waals surface area contributed by atoms with E-state index in [0.717, 1.165) is 0 Å². The van der Waals surface area contributed by atoms with Gasteiger partial charge in [-0.2, -0.15) is 5.26 Å². The first-order valence-corrected chi connectivity index (χ1v) is 8.79. The average Bonchev–Trinajstić information content (AvgIpc) is 3.30. The Kier molecular flexibility index (Phi) is 4.41. The van der Waals surface area contributed by atoms with Crippen molar-refractivity contribution in [3.8, 4) is 6.07 Å². The number of fused-ring (bicyclic) bond motifs is 1. The van der Waals surface area contributed by atoms with Crippen LogP contribution in [0.4, 0.5) is 10.2 Å². The van der Waals surface area contributed by atoms with Crippen LogP contribution in [0.5, 0.6) is 0 Å². The molecule has 1 amide bonds. The van der Waals surface area contributed by atoms with E-state index in [0.29, 0.717) is 47.5 Å². The van der Waals surface area contributed by atoms with Crippen LogP contribution < -0.4 is 16.0 Å². The van der Waals surface area contributed by atoms with E-state index in [4.69, 9.17) is 5.73 Å². The van der Waals surface area contributed by atoms with Gasteiger partial charge in [-0.3, -0.25) is 4.79 Å². The van der Waals surface area contributed by atoms with Crippen LogP contribution in [0.1, 0.15) is 22.3 Å². The molecule has 3 aromatic rings. The standard InChI is InChI=1S/C19H18FN7O/c20-14-3-1-12(2-4-14)18(28)24-9-19(22)5-6-27(10-19)17-15-13(7-21)8-23-16(15)25-11-26-17/h1-4,8,11H,5-6,9-10,22H2,(H,24,28)(H,23,25,26)/t19-/m0/s1. The van der Waals surface area contributed by atoms with Gasteiger partial charge in [-0.25, -0.2) is 14.4 Å². The van der Waals surface area contributed by atoms with E-state index in [-0.39, 0.29) is 12.5 Å². The minimum atomic E-state index is -0.643. The van der Waals surface area contributed by atoms with Gasteiger partial charge < -0.3 is 20.9 Å². The normalized spacial score (nSPS) is 19.0. The molecule has 0 unspecified atom stereocenters. The number of carbonyl (C=O) groups is 1. The Morgan fingerprint density at radius 3 is 2.93 bits per heavy atom. The fourth-order valence-electron chi connectivity index (χ4n) is 3.45. The molecule has 1 fully saturated rings. The molecule has 9 heteroatoms. The Labute approximate surface area is 160 Å². The molecule has 4 N–H and O–H groups in total. The van der Waals surface area contributed by atoms with E-state index >= 15 is 0 Å². The predicted octanol–water partition coefficient (Wildman–Crippen LogP) is 1.31. The third-order valence-corrected chi connectivity index (χ3v) is 4.96. The van der Waals surface area contributed by atoms with E-state index in [1.807, 2.05) is 4.90 Å². The molecular formula is C19H18FN7O. The second kappa shape index (κ2) is 6.90. The lowest BCUT2D eigenvalue weighted by Gasteiger charge is -2.25. The summed E-state index contributed by atoms with van der Waals surface area (Å²) in [7, 11) is 0. The van der Waals surface area contributed by atoms with Crippen molar-refractivity contribution < 1.29 is 9.18 Å². The fraction of sp³-hybridized carbons (Fsp3) is 0.263. The zero-order valence-corrected chi connectivity index (χ0v) is 14.9. The summed E-state index contributed by atoms with van der Waals surface area (Å²) in [4.78, 5) is 25.7. The predicted molar refractivity (Wildman–Crippen MR) is 101 cm³/mol.